The third kappa shape index (κ3) is 8.36. The topological polar surface area (TPSA) is 110 Å². The van der Waals surface area contributed by atoms with Gasteiger partial charge in [-0.05, 0) is 48.2 Å². The molecule has 0 bridgehead atoms. The van der Waals surface area contributed by atoms with Gasteiger partial charge in [0.2, 0.25) is 5.91 Å². The Morgan fingerprint density at radius 3 is 2.40 bits per heavy atom. The molecule has 0 aliphatic rings. The second-order valence-electron chi connectivity index (χ2n) is 10.0. The molecule has 1 unspecified atom stereocenters. The van der Waals surface area contributed by atoms with Crippen LogP contribution in [0.3, 0.4) is 0 Å². The van der Waals surface area contributed by atoms with Crippen LogP contribution in [0.15, 0.2) is 79.0 Å². The molecule has 0 saturated carbocycles. The van der Waals surface area contributed by atoms with Crippen molar-refractivity contribution in [1.29, 1.82) is 0 Å². The molecule has 9 heteroatoms. The first kappa shape index (κ1) is 30.2. The molecule has 1 aromatic heterocycles. The van der Waals surface area contributed by atoms with Crippen molar-refractivity contribution in [2.45, 2.75) is 38.8 Å². The maximum Gasteiger partial charge on any atom is 0.305 e. The minimum absolute atomic E-state index is 0.109. The molecule has 0 radical (unpaired) electrons. The van der Waals surface area contributed by atoms with E-state index in [0.29, 0.717) is 43.9 Å². The summed E-state index contributed by atoms with van der Waals surface area (Å²) in [6.07, 6.45) is 3.32. The van der Waals surface area contributed by atoms with Crippen LogP contribution in [0, 0.1) is 0 Å². The monoisotopic (exact) mass is 571 g/mol. The van der Waals surface area contributed by atoms with Crippen molar-refractivity contribution >= 4 is 28.7 Å². The highest BCUT2D eigenvalue weighted by Gasteiger charge is 2.22. The van der Waals surface area contributed by atoms with E-state index in [-0.39, 0.29) is 30.4 Å². The molecule has 220 valence electrons. The van der Waals surface area contributed by atoms with Gasteiger partial charge in [-0.15, -0.1) is 0 Å². The smallest absolute Gasteiger partial charge is 0.305 e. The summed E-state index contributed by atoms with van der Waals surface area (Å²) in [6.45, 7) is 1.99. The number of aromatic amines is 1. The maximum absolute atomic E-state index is 13.1. The summed E-state index contributed by atoms with van der Waals surface area (Å²) in [6, 6.07) is 22.5. The molecular weight excluding hydrogens is 534 g/mol. The van der Waals surface area contributed by atoms with E-state index in [1.54, 1.807) is 24.1 Å². The van der Waals surface area contributed by atoms with Crippen LogP contribution in [0.5, 0.6) is 11.5 Å². The van der Waals surface area contributed by atoms with Crippen molar-refractivity contribution < 1.29 is 28.6 Å². The zero-order chi connectivity index (χ0) is 29.9. The number of hydrogen-bond donors (Lipinski definition) is 2. The highest BCUT2D eigenvalue weighted by Crippen LogP contribution is 2.22. The van der Waals surface area contributed by atoms with Crippen LogP contribution in [0.25, 0.3) is 10.9 Å². The molecule has 9 nitrogen and oxygen atoms in total. The molecular formula is C33H37N3O6. The maximum atomic E-state index is 13.1. The molecule has 0 aliphatic heterocycles. The Kier molecular flexibility index (Phi) is 10.6. The van der Waals surface area contributed by atoms with Crippen molar-refractivity contribution in [3.63, 3.8) is 0 Å². The van der Waals surface area contributed by atoms with Crippen LogP contribution in [0.1, 0.15) is 30.0 Å². The van der Waals surface area contributed by atoms with Gasteiger partial charge in [0, 0.05) is 49.1 Å². The second kappa shape index (κ2) is 14.7. The number of rotatable bonds is 14. The van der Waals surface area contributed by atoms with Gasteiger partial charge in [0.15, 0.2) is 6.61 Å². The van der Waals surface area contributed by atoms with Gasteiger partial charge >= 0.3 is 5.97 Å². The fourth-order valence-corrected chi connectivity index (χ4v) is 4.86. The number of carbonyl (C=O) groups is 3. The highest BCUT2D eigenvalue weighted by atomic mass is 16.5. The Labute approximate surface area is 245 Å². The van der Waals surface area contributed by atoms with E-state index in [4.69, 9.17) is 9.47 Å². The summed E-state index contributed by atoms with van der Waals surface area (Å²) in [7, 11) is 2.97. The number of fused-ring (bicyclic) bond motifs is 1. The first-order valence-corrected chi connectivity index (χ1v) is 13.9. The summed E-state index contributed by atoms with van der Waals surface area (Å²) in [4.78, 5) is 42.2. The van der Waals surface area contributed by atoms with E-state index in [0.717, 1.165) is 27.6 Å². The van der Waals surface area contributed by atoms with Gasteiger partial charge in [0.1, 0.15) is 11.5 Å². The summed E-state index contributed by atoms with van der Waals surface area (Å²) >= 11 is 0. The molecule has 0 saturated heterocycles. The average Bonchev–Trinajstić information content (AvgIpc) is 3.41. The number of aromatic nitrogens is 1. The van der Waals surface area contributed by atoms with Crippen LogP contribution in [-0.2, 0) is 38.5 Å². The van der Waals surface area contributed by atoms with Crippen LogP contribution >= 0.6 is 0 Å². The van der Waals surface area contributed by atoms with E-state index < -0.39 is 0 Å². The molecule has 1 heterocycles. The summed E-state index contributed by atoms with van der Waals surface area (Å²) in [5, 5.41) is 4.16. The van der Waals surface area contributed by atoms with Crippen LogP contribution in [0.4, 0.5) is 0 Å². The van der Waals surface area contributed by atoms with E-state index in [2.05, 4.69) is 15.0 Å². The number of para-hydroxylation sites is 2. The zero-order valence-corrected chi connectivity index (χ0v) is 24.2. The molecule has 3 aromatic carbocycles. The lowest BCUT2D eigenvalue weighted by Gasteiger charge is -2.28. The molecule has 2 amide bonds. The van der Waals surface area contributed by atoms with Crippen molar-refractivity contribution in [3.8, 4) is 11.5 Å². The van der Waals surface area contributed by atoms with Crippen molar-refractivity contribution in [1.82, 2.24) is 15.2 Å². The Bertz CT molecular complexity index is 1500. The number of amides is 2. The van der Waals surface area contributed by atoms with Crippen molar-refractivity contribution in [2.75, 3.05) is 27.4 Å². The molecule has 4 aromatic rings. The second-order valence-corrected chi connectivity index (χ2v) is 10.0. The Morgan fingerprint density at radius 1 is 0.929 bits per heavy atom. The first-order chi connectivity index (χ1) is 20.4. The first-order valence-electron chi connectivity index (χ1n) is 13.9. The Morgan fingerprint density at radius 2 is 1.67 bits per heavy atom. The molecule has 4 rings (SSSR count). The Hall–Kier alpha value is -4.79. The number of aryl methyl sites for hydroxylation is 1. The molecule has 1 atom stereocenters. The lowest BCUT2D eigenvalue weighted by molar-refractivity contribution is -0.140. The van der Waals surface area contributed by atoms with Gasteiger partial charge in [-0.2, -0.15) is 0 Å². The molecule has 42 heavy (non-hydrogen) atoms. The number of methoxy groups -OCH3 is 2. The average molecular weight is 572 g/mol. The van der Waals surface area contributed by atoms with E-state index >= 15 is 0 Å². The SMILES string of the molecule is COC(=O)CCc1ccc(OCC(=O)NC(Cc2c[nH]c3ccccc23)CN(Cc2ccccc2OC)C(C)=O)cc1. The summed E-state index contributed by atoms with van der Waals surface area (Å²) < 4.78 is 15.9. The summed E-state index contributed by atoms with van der Waals surface area (Å²) in [5.74, 6) is 0.575. The minimum Gasteiger partial charge on any atom is -0.496 e. The van der Waals surface area contributed by atoms with Gasteiger partial charge in [-0.1, -0.05) is 48.5 Å². The molecule has 0 spiro atoms. The number of nitrogens with zero attached hydrogens (tertiary/aromatic N) is 1. The third-order valence-electron chi connectivity index (χ3n) is 7.08. The Balaban J connectivity index is 1.45. The van der Waals surface area contributed by atoms with E-state index in [1.165, 1.54) is 14.0 Å². The van der Waals surface area contributed by atoms with Crippen molar-refractivity contribution in [3.05, 3.63) is 95.7 Å². The normalized spacial score (nSPS) is 11.5. The van der Waals surface area contributed by atoms with Crippen LogP contribution in [0.2, 0.25) is 0 Å². The largest absolute Gasteiger partial charge is 0.496 e. The molecule has 2 N–H and O–H groups in total. The van der Waals surface area contributed by atoms with Gasteiger partial charge in [-0.25, -0.2) is 0 Å². The highest BCUT2D eigenvalue weighted by molar-refractivity contribution is 5.83. The summed E-state index contributed by atoms with van der Waals surface area (Å²) in [5.41, 5.74) is 3.90. The molecule has 0 aliphatic carbocycles. The van der Waals surface area contributed by atoms with Crippen LogP contribution < -0.4 is 14.8 Å². The van der Waals surface area contributed by atoms with Gasteiger partial charge in [0.05, 0.1) is 20.3 Å². The fraction of sp³-hybridized carbons (Fsp3) is 0.303. The predicted molar refractivity (Wildman–Crippen MR) is 160 cm³/mol. The number of carbonyl (C=O) groups excluding carboxylic acids is 3. The number of esters is 1. The predicted octanol–water partition coefficient (Wildman–Crippen LogP) is 4.44. The van der Waals surface area contributed by atoms with E-state index in [1.807, 2.05) is 66.9 Å². The minimum atomic E-state index is -0.375. The number of ether oxygens (including phenoxy) is 3. The molecule has 0 fully saturated rings. The number of H-pyrrole nitrogens is 1. The quantitative estimate of drug-likeness (QED) is 0.217. The van der Waals surface area contributed by atoms with Crippen molar-refractivity contribution in [2.24, 2.45) is 0 Å². The van der Waals surface area contributed by atoms with Gasteiger partial charge < -0.3 is 29.4 Å². The number of hydrogen-bond acceptors (Lipinski definition) is 6. The number of nitrogens with one attached hydrogen (secondary N) is 2. The number of benzene rings is 3. The fourth-order valence-electron chi connectivity index (χ4n) is 4.86. The standard InChI is InChI=1S/C33H37N3O6/c1-23(37)36(20-25-8-4-7-11-31(25)40-2)21-27(18-26-19-34-30-10-6-5-9-29(26)30)35-32(38)22-42-28-15-12-24(13-16-28)14-17-33(39)41-3/h4-13,15-16,19,27,34H,14,17-18,20-22H2,1-3H3,(H,35,38). The lowest BCUT2D eigenvalue weighted by Crippen LogP contribution is -2.47. The zero-order valence-electron chi connectivity index (χ0n) is 24.2. The van der Waals surface area contributed by atoms with E-state index in [9.17, 15) is 14.4 Å². The van der Waals surface area contributed by atoms with Crippen LogP contribution in [-0.4, -0.2) is 61.1 Å². The van der Waals surface area contributed by atoms with Gasteiger partial charge in [-0.3, -0.25) is 14.4 Å². The third-order valence-corrected chi connectivity index (χ3v) is 7.08. The van der Waals surface area contributed by atoms with Gasteiger partial charge in [0.25, 0.3) is 5.91 Å². The lowest BCUT2D eigenvalue weighted by atomic mass is 10.0.